The summed E-state index contributed by atoms with van der Waals surface area (Å²) in [6, 6.07) is 13.0. The number of aryl methyl sites for hydroxylation is 1. The van der Waals surface area contributed by atoms with Gasteiger partial charge in [0.15, 0.2) is 0 Å². The Morgan fingerprint density at radius 1 is 1.10 bits per heavy atom. The zero-order valence-corrected chi connectivity index (χ0v) is 19.9. The molecule has 1 aliphatic carbocycles. The molecule has 0 aliphatic heterocycles. The maximum Gasteiger partial charge on any atom is 0.243 e. The molecule has 1 saturated carbocycles. The monoisotopic (exact) mass is 464 g/mol. The van der Waals surface area contributed by atoms with Crippen molar-refractivity contribution in [1.82, 2.24) is 9.62 Å². The Balaban J connectivity index is 1.69. The highest BCUT2D eigenvalue weighted by Crippen LogP contribution is 2.37. The van der Waals surface area contributed by atoms with Crippen LogP contribution in [0.1, 0.15) is 54.7 Å². The Labute approximate surface area is 191 Å². The summed E-state index contributed by atoms with van der Waals surface area (Å²) in [5.41, 5.74) is 3.93. The molecule has 0 aromatic heterocycles. The second-order valence-electron chi connectivity index (χ2n) is 8.37. The summed E-state index contributed by atoms with van der Waals surface area (Å²) in [7, 11) is 0.123. The van der Waals surface area contributed by atoms with E-state index in [1.807, 2.05) is 7.05 Å². The van der Waals surface area contributed by atoms with Gasteiger partial charge in [-0.15, -0.1) is 0 Å². The summed E-state index contributed by atoms with van der Waals surface area (Å²) >= 11 is 5.91. The van der Waals surface area contributed by atoms with E-state index in [0.29, 0.717) is 10.9 Å². The second kappa shape index (κ2) is 10.9. The molecule has 170 valence electrons. The quantitative estimate of drug-likeness (QED) is 0.579. The fourth-order valence-corrected chi connectivity index (χ4v) is 6.10. The van der Waals surface area contributed by atoms with E-state index in [1.54, 1.807) is 35.6 Å². The largest absolute Gasteiger partial charge is 0.396 e. The summed E-state index contributed by atoms with van der Waals surface area (Å²) in [5, 5.41) is 12.9. The van der Waals surface area contributed by atoms with E-state index >= 15 is 0 Å². The van der Waals surface area contributed by atoms with Crippen molar-refractivity contribution < 1.29 is 13.5 Å². The molecule has 0 heterocycles. The van der Waals surface area contributed by atoms with Crippen LogP contribution in [0.4, 0.5) is 0 Å². The minimum atomic E-state index is -3.52. The molecule has 31 heavy (non-hydrogen) atoms. The minimum Gasteiger partial charge on any atom is -0.396 e. The lowest BCUT2D eigenvalue weighted by atomic mass is 9.79. The van der Waals surface area contributed by atoms with Gasteiger partial charge >= 0.3 is 0 Å². The molecule has 0 radical (unpaired) electrons. The Morgan fingerprint density at radius 2 is 1.77 bits per heavy atom. The van der Waals surface area contributed by atoms with Crippen LogP contribution in [-0.4, -0.2) is 44.6 Å². The lowest BCUT2D eigenvalue weighted by molar-refractivity contribution is 0.267. The molecule has 0 saturated heterocycles. The Kier molecular flexibility index (Phi) is 8.53. The molecule has 0 atom stereocenters. The predicted molar refractivity (Wildman–Crippen MR) is 126 cm³/mol. The molecule has 0 unspecified atom stereocenters. The van der Waals surface area contributed by atoms with Crippen molar-refractivity contribution in [1.29, 1.82) is 0 Å². The Hall–Kier alpha value is -1.44. The minimum absolute atomic E-state index is 0.00788. The van der Waals surface area contributed by atoms with Gasteiger partial charge in [0, 0.05) is 31.3 Å². The molecule has 2 aromatic carbocycles. The number of hydrogen-bond donors (Lipinski definition) is 2. The van der Waals surface area contributed by atoms with Crippen molar-refractivity contribution in [2.24, 2.45) is 0 Å². The number of aliphatic hydroxyl groups excluding tert-OH is 1. The average molecular weight is 465 g/mol. The third kappa shape index (κ3) is 5.88. The topological polar surface area (TPSA) is 69.6 Å². The first-order valence-electron chi connectivity index (χ1n) is 11.0. The van der Waals surface area contributed by atoms with Crippen LogP contribution in [0.25, 0.3) is 0 Å². The number of hydrogen-bond acceptors (Lipinski definition) is 4. The van der Waals surface area contributed by atoms with E-state index in [2.05, 4.69) is 23.5 Å². The van der Waals surface area contributed by atoms with Crippen molar-refractivity contribution in [3.05, 3.63) is 64.2 Å². The number of sulfonamides is 1. The lowest BCUT2D eigenvalue weighted by Gasteiger charge is -2.35. The van der Waals surface area contributed by atoms with Gasteiger partial charge in [-0.2, -0.15) is 4.31 Å². The predicted octanol–water partition coefficient (Wildman–Crippen LogP) is 4.33. The van der Waals surface area contributed by atoms with Crippen LogP contribution in [0, 0.1) is 0 Å². The van der Waals surface area contributed by atoms with E-state index < -0.39 is 10.0 Å². The van der Waals surface area contributed by atoms with Gasteiger partial charge < -0.3 is 10.4 Å². The van der Waals surface area contributed by atoms with Gasteiger partial charge in [0.25, 0.3) is 0 Å². The highest BCUT2D eigenvalue weighted by Gasteiger charge is 2.32. The van der Waals surface area contributed by atoms with Crippen LogP contribution in [0.15, 0.2) is 47.4 Å². The molecule has 7 heteroatoms. The van der Waals surface area contributed by atoms with E-state index in [-0.39, 0.29) is 17.5 Å². The highest BCUT2D eigenvalue weighted by atomic mass is 35.5. The molecule has 2 N–H and O–H groups in total. The molecular formula is C24H33ClN2O3S. The number of rotatable bonds is 9. The summed E-state index contributed by atoms with van der Waals surface area (Å²) < 4.78 is 27.6. The number of aliphatic hydroxyl groups is 1. The molecule has 1 fully saturated rings. The average Bonchev–Trinajstić information content (AvgIpc) is 2.78. The molecule has 1 aliphatic rings. The van der Waals surface area contributed by atoms with Gasteiger partial charge in [0.05, 0.1) is 4.90 Å². The normalized spacial score (nSPS) is 19.6. The third-order valence-corrected chi connectivity index (χ3v) is 8.52. The van der Waals surface area contributed by atoms with Crippen molar-refractivity contribution in [2.75, 3.05) is 20.7 Å². The molecule has 0 amide bonds. The van der Waals surface area contributed by atoms with E-state index in [1.165, 1.54) is 16.7 Å². The van der Waals surface area contributed by atoms with Gasteiger partial charge in [-0.25, -0.2) is 8.42 Å². The van der Waals surface area contributed by atoms with Crippen LogP contribution in [-0.2, 0) is 23.0 Å². The lowest BCUT2D eigenvalue weighted by Crippen LogP contribution is -2.39. The number of nitrogens with one attached hydrogen (secondary N) is 1. The van der Waals surface area contributed by atoms with Gasteiger partial charge in [0.2, 0.25) is 10.0 Å². The molecule has 2 aromatic rings. The Bertz CT molecular complexity index is 955. The van der Waals surface area contributed by atoms with Gasteiger partial charge in [-0.05, 0) is 92.4 Å². The molecule has 0 spiro atoms. The third-order valence-electron chi connectivity index (χ3n) is 6.34. The molecule has 0 bridgehead atoms. The summed E-state index contributed by atoms with van der Waals surface area (Å²) in [6.07, 6.45) is 5.29. The van der Waals surface area contributed by atoms with E-state index in [9.17, 15) is 8.42 Å². The van der Waals surface area contributed by atoms with Crippen molar-refractivity contribution in [2.45, 2.75) is 61.9 Å². The van der Waals surface area contributed by atoms with E-state index in [0.717, 1.165) is 45.1 Å². The zero-order chi connectivity index (χ0) is 22.4. The van der Waals surface area contributed by atoms with Gasteiger partial charge in [-0.1, -0.05) is 29.8 Å². The summed E-state index contributed by atoms with van der Waals surface area (Å²) in [6.45, 7) is 1.02. The number of benzene rings is 2. The van der Waals surface area contributed by atoms with Crippen LogP contribution in [0.2, 0.25) is 5.02 Å². The van der Waals surface area contributed by atoms with Crippen LogP contribution in [0.5, 0.6) is 0 Å². The van der Waals surface area contributed by atoms with E-state index in [4.69, 9.17) is 16.7 Å². The SMILES string of the molecule is CNCc1cc(CCCO)ccc1[C@H]1CC[C@H](N(C)S(=O)(=O)c2ccc(Cl)cc2)CC1. The fraction of sp³-hybridized carbons (Fsp3) is 0.500. The van der Waals surface area contributed by atoms with Crippen molar-refractivity contribution in [3.63, 3.8) is 0 Å². The first-order valence-corrected chi connectivity index (χ1v) is 12.8. The summed E-state index contributed by atoms with van der Waals surface area (Å²) in [4.78, 5) is 0.288. The van der Waals surface area contributed by atoms with Crippen molar-refractivity contribution in [3.8, 4) is 0 Å². The van der Waals surface area contributed by atoms with Crippen LogP contribution < -0.4 is 5.32 Å². The standard InChI is InChI=1S/C24H33ClN2O3S/c1-26-17-20-16-18(4-3-15-28)5-14-24(20)19-6-10-22(11-7-19)27(2)31(29,30)23-12-8-21(25)9-13-23/h5,8-9,12-14,16,19,22,26,28H,3-4,6-7,10-11,15,17H2,1-2H3/t19-,22-. The maximum absolute atomic E-state index is 13.0. The van der Waals surface area contributed by atoms with Gasteiger partial charge in [0.1, 0.15) is 0 Å². The maximum atomic E-state index is 13.0. The fourth-order valence-electron chi connectivity index (χ4n) is 4.56. The number of halogens is 1. The van der Waals surface area contributed by atoms with Crippen molar-refractivity contribution >= 4 is 21.6 Å². The summed E-state index contributed by atoms with van der Waals surface area (Å²) in [5.74, 6) is 0.443. The second-order valence-corrected chi connectivity index (χ2v) is 10.8. The molecule has 3 rings (SSSR count). The zero-order valence-electron chi connectivity index (χ0n) is 18.4. The first kappa shape index (κ1) is 24.2. The Morgan fingerprint density at radius 3 is 2.39 bits per heavy atom. The molecule has 5 nitrogen and oxygen atoms in total. The highest BCUT2D eigenvalue weighted by molar-refractivity contribution is 7.89. The first-order chi connectivity index (χ1) is 14.9. The smallest absolute Gasteiger partial charge is 0.243 e. The molecular weight excluding hydrogens is 432 g/mol. The number of nitrogens with zero attached hydrogens (tertiary/aromatic N) is 1. The van der Waals surface area contributed by atoms with Crippen LogP contribution >= 0.6 is 11.6 Å². The van der Waals surface area contributed by atoms with Gasteiger partial charge in [-0.3, -0.25) is 0 Å². The van der Waals surface area contributed by atoms with Crippen LogP contribution in [0.3, 0.4) is 0 Å².